The molecular weight excluding hydrogens is 254 g/mol. The number of rotatable bonds is 5. The third-order valence-corrected chi connectivity index (χ3v) is 4.08. The monoisotopic (exact) mass is 279 g/mol. The van der Waals surface area contributed by atoms with Crippen LogP contribution >= 0.6 is 0 Å². The average molecular weight is 279 g/mol. The number of carbonyl (C=O) groups excluding carboxylic acids is 1. The Kier molecular flexibility index (Phi) is 5.17. The number of aliphatic hydroxyl groups is 1. The minimum atomic E-state index is -0.177. The predicted molar refractivity (Wildman–Crippen MR) is 77.2 cm³/mol. The van der Waals surface area contributed by atoms with Gasteiger partial charge in [0.25, 0.3) is 0 Å². The zero-order chi connectivity index (χ0) is 14.5. The molecule has 112 valence electrons. The van der Waals surface area contributed by atoms with Gasteiger partial charge in [-0.1, -0.05) is 6.42 Å². The van der Waals surface area contributed by atoms with Crippen molar-refractivity contribution >= 4 is 5.91 Å². The van der Waals surface area contributed by atoms with Crippen molar-refractivity contribution in [1.82, 2.24) is 15.1 Å². The molecule has 1 amide bonds. The van der Waals surface area contributed by atoms with E-state index < -0.39 is 0 Å². The first-order valence-electron chi connectivity index (χ1n) is 7.48. The van der Waals surface area contributed by atoms with Crippen LogP contribution in [0.3, 0.4) is 0 Å². The molecule has 0 aliphatic heterocycles. The molecule has 2 atom stereocenters. The van der Waals surface area contributed by atoms with Crippen molar-refractivity contribution in [2.24, 2.45) is 13.0 Å². The zero-order valence-corrected chi connectivity index (χ0v) is 12.4. The minimum Gasteiger partial charge on any atom is -0.393 e. The largest absolute Gasteiger partial charge is 0.393 e. The number of carbonyl (C=O) groups is 1. The van der Waals surface area contributed by atoms with Crippen LogP contribution in [0.1, 0.15) is 43.4 Å². The minimum absolute atomic E-state index is 0.0910. The first-order chi connectivity index (χ1) is 9.54. The Labute approximate surface area is 120 Å². The van der Waals surface area contributed by atoms with E-state index in [9.17, 15) is 9.90 Å². The molecule has 5 heteroatoms. The van der Waals surface area contributed by atoms with Crippen molar-refractivity contribution in [3.8, 4) is 0 Å². The van der Waals surface area contributed by atoms with Crippen LogP contribution in [0.2, 0.25) is 0 Å². The fourth-order valence-electron chi connectivity index (χ4n) is 2.94. The third kappa shape index (κ3) is 4.34. The number of nitrogens with zero attached hydrogens (tertiary/aromatic N) is 2. The number of hydrogen-bond donors (Lipinski definition) is 2. The number of aryl methyl sites for hydroxylation is 3. The van der Waals surface area contributed by atoms with E-state index in [1.807, 2.05) is 20.2 Å². The van der Waals surface area contributed by atoms with Crippen molar-refractivity contribution < 1.29 is 9.90 Å². The lowest BCUT2D eigenvalue weighted by Crippen LogP contribution is -2.33. The summed E-state index contributed by atoms with van der Waals surface area (Å²) >= 11 is 0. The Morgan fingerprint density at radius 3 is 3.00 bits per heavy atom. The summed E-state index contributed by atoms with van der Waals surface area (Å²) in [7, 11) is 1.89. The van der Waals surface area contributed by atoms with Crippen molar-refractivity contribution in [2.75, 3.05) is 6.54 Å². The lowest BCUT2D eigenvalue weighted by molar-refractivity contribution is -0.121. The van der Waals surface area contributed by atoms with Gasteiger partial charge in [0.1, 0.15) is 0 Å². The molecule has 0 aromatic carbocycles. The van der Waals surface area contributed by atoms with Gasteiger partial charge in [0.2, 0.25) is 5.91 Å². The Hall–Kier alpha value is -1.36. The summed E-state index contributed by atoms with van der Waals surface area (Å²) in [5.41, 5.74) is 2.13. The van der Waals surface area contributed by atoms with E-state index >= 15 is 0 Å². The van der Waals surface area contributed by atoms with Gasteiger partial charge in [-0.05, 0) is 44.1 Å². The van der Waals surface area contributed by atoms with Crippen molar-refractivity contribution in [3.63, 3.8) is 0 Å². The molecule has 2 rings (SSSR count). The second-order valence-electron chi connectivity index (χ2n) is 5.90. The SMILES string of the molecule is Cc1nn(C)cc1CCC(=O)NCC1CCCC(O)C1. The second kappa shape index (κ2) is 6.88. The van der Waals surface area contributed by atoms with Crippen LogP contribution in [0.15, 0.2) is 6.20 Å². The van der Waals surface area contributed by atoms with E-state index in [2.05, 4.69) is 10.4 Å². The molecular formula is C15H25N3O2. The van der Waals surface area contributed by atoms with Gasteiger partial charge in [-0.3, -0.25) is 9.48 Å². The van der Waals surface area contributed by atoms with Gasteiger partial charge in [-0.15, -0.1) is 0 Å². The highest BCUT2D eigenvalue weighted by molar-refractivity contribution is 5.76. The normalized spacial score (nSPS) is 22.8. The average Bonchev–Trinajstić information content (AvgIpc) is 2.72. The maximum Gasteiger partial charge on any atom is 0.220 e. The van der Waals surface area contributed by atoms with Crippen LogP contribution in [-0.4, -0.2) is 33.4 Å². The summed E-state index contributed by atoms with van der Waals surface area (Å²) in [5, 5.41) is 16.9. The fraction of sp³-hybridized carbons (Fsp3) is 0.733. The molecule has 1 heterocycles. The van der Waals surface area contributed by atoms with Crippen LogP contribution in [-0.2, 0) is 18.3 Å². The molecule has 1 aliphatic carbocycles. The second-order valence-corrected chi connectivity index (χ2v) is 5.90. The molecule has 0 bridgehead atoms. The lowest BCUT2D eigenvalue weighted by Gasteiger charge is -2.25. The first-order valence-corrected chi connectivity index (χ1v) is 7.48. The van der Waals surface area contributed by atoms with Crippen molar-refractivity contribution in [3.05, 3.63) is 17.5 Å². The standard InChI is InChI=1S/C15H25N3O2/c1-11-13(10-18(2)17-11)6-7-15(20)16-9-12-4-3-5-14(19)8-12/h10,12,14,19H,3-9H2,1-2H3,(H,16,20). The predicted octanol–water partition coefficient (Wildman–Crippen LogP) is 1.33. The maximum absolute atomic E-state index is 11.9. The lowest BCUT2D eigenvalue weighted by atomic mass is 9.87. The number of nitrogens with one attached hydrogen (secondary N) is 1. The van der Waals surface area contributed by atoms with Gasteiger partial charge >= 0.3 is 0 Å². The highest BCUT2D eigenvalue weighted by Crippen LogP contribution is 2.23. The van der Waals surface area contributed by atoms with Crippen LogP contribution in [0, 0.1) is 12.8 Å². The highest BCUT2D eigenvalue weighted by atomic mass is 16.3. The van der Waals surface area contributed by atoms with E-state index in [0.29, 0.717) is 18.9 Å². The molecule has 1 fully saturated rings. The summed E-state index contributed by atoms with van der Waals surface area (Å²) in [6.45, 7) is 2.67. The topological polar surface area (TPSA) is 67.2 Å². The third-order valence-electron chi connectivity index (χ3n) is 4.08. The van der Waals surface area contributed by atoms with E-state index in [-0.39, 0.29) is 12.0 Å². The molecule has 2 unspecified atom stereocenters. The molecule has 20 heavy (non-hydrogen) atoms. The van der Waals surface area contributed by atoms with Crippen LogP contribution in [0.25, 0.3) is 0 Å². The summed E-state index contributed by atoms with van der Waals surface area (Å²) < 4.78 is 1.78. The highest BCUT2D eigenvalue weighted by Gasteiger charge is 2.20. The van der Waals surface area contributed by atoms with Gasteiger partial charge in [0, 0.05) is 26.2 Å². The molecule has 5 nitrogen and oxygen atoms in total. The van der Waals surface area contributed by atoms with E-state index in [0.717, 1.165) is 43.4 Å². The van der Waals surface area contributed by atoms with Gasteiger partial charge in [0.05, 0.1) is 11.8 Å². The summed E-state index contributed by atoms with van der Waals surface area (Å²) in [5.74, 6) is 0.524. The number of aromatic nitrogens is 2. The number of amides is 1. The zero-order valence-electron chi connectivity index (χ0n) is 12.4. The first kappa shape index (κ1) is 15.0. The molecule has 1 aromatic heterocycles. The van der Waals surface area contributed by atoms with E-state index in [1.165, 1.54) is 0 Å². The fourth-order valence-corrected chi connectivity index (χ4v) is 2.94. The summed E-state index contributed by atoms with van der Waals surface area (Å²) in [6.07, 6.45) is 6.94. The summed E-state index contributed by atoms with van der Waals surface area (Å²) in [4.78, 5) is 11.9. The smallest absolute Gasteiger partial charge is 0.220 e. The van der Waals surface area contributed by atoms with Gasteiger partial charge < -0.3 is 10.4 Å². The Balaban J connectivity index is 1.69. The Morgan fingerprint density at radius 1 is 1.55 bits per heavy atom. The van der Waals surface area contributed by atoms with Crippen molar-refractivity contribution in [2.45, 2.75) is 51.6 Å². The van der Waals surface area contributed by atoms with Gasteiger partial charge in [-0.2, -0.15) is 5.10 Å². The van der Waals surface area contributed by atoms with Crippen molar-refractivity contribution in [1.29, 1.82) is 0 Å². The Morgan fingerprint density at radius 2 is 2.35 bits per heavy atom. The quantitative estimate of drug-likeness (QED) is 0.854. The molecule has 1 saturated carbocycles. The Bertz CT molecular complexity index is 456. The number of hydrogen-bond acceptors (Lipinski definition) is 3. The molecule has 0 radical (unpaired) electrons. The van der Waals surface area contributed by atoms with E-state index in [4.69, 9.17) is 0 Å². The van der Waals surface area contributed by atoms with Crippen LogP contribution in [0.5, 0.6) is 0 Å². The van der Waals surface area contributed by atoms with Crippen LogP contribution < -0.4 is 5.32 Å². The molecule has 2 N–H and O–H groups in total. The van der Waals surface area contributed by atoms with Gasteiger partial charge in [-0.25, -0.2) is 0 Å². The van der Waals surface area contributed by atoms with Crippen LogP contribution in [0.4, 0.5) is 0 Å². The molecule has 0 spiro atoms. The molecule has 1 aromatic rings. The summed E-state index contributed by atoms with van der Waals surface area (Å²) in [6, 6.07) is 0. The van der Waals surface area contributed by atoms with Gasteiger partial charge in [0.15, 0.2) is 0 Å². The molecule has 0 saturated heterocycles. The maximum atomic E-state index is 11.9. The van der Waals surface area contributed by atoms with E-state index in [1.54, 1.807) is 4.68 Å². The number of aliphatic hydroxyl groups excluding tert-OH is 1. The molecule has 1 aliphatic rings.